The van der Waals surface area contributed by atoms with E-state index in [0.717, 1.165) is 0 Å². The Morgan fingerprint density at radius 3 is 1.67 bits per heavy atom. The fourth-order valence-electron chi connectivity index (χ4n) is 0. The van der Waals surface area contributed by atoms with Gasteiger partial charge in [0.2, 0.25) is 0 Å². The van der Waals surface area contributed by atoms with Crippen LogP contribution in [0.15, 0.2) is 10.6 Å². The maximum Gasteiger partial charge on any atom is 0 e. The molecule has 6 heavy (non-hydrogen) atoms. The lowest BCUT2D eigenvalue weighted by Gasteiger charge is -1.72. The van der Waals surface area contributed by atoms with Crippen molar-refractivity contribution in [3.8, 4) is 0 Å². The largest absolute Gasteiger partial charge is 0.0695 e. The summed E-state index contributed by atoms with van der Waals surface area (Å²) in [4.78, 5) is 1.90. The van der Waals surface area contributed by atoms with Gasteiger partial charge in [-0.25, -0.2) is 0 Å². The van der Waals surface area contributed by atoms with Crippen LogP contribution in [-0.4, -0.2) is 23.1 Å². The Bertz CT molecular complexity index is 45.5. The van der Waals surface area contributed by atoms with Crippen molar-refractivity contribution in [2.45, 2.75) is 13.8 Å². The van der Waals surface area contributed by atoms with E-state index in [0.29, 0.717) is 0 Å². The van der Waals surface area contributed by atoms with Gasteiger partial charge in [-0.1, -0.05) is 21.5 Å². The summed E-state index contributed by atoms with van der Waals surface area (Å²) < 4.78 is 0. The fourth-order valence-corrected chi connectivity index (χ4v) is 0. The van der Waals surface area contributed by atoms with Crippen molar-refractivity contribution in [3.05, 3.63) is 10.6 Å². The fraction of sp³-hybridized carbons (Fsp3) is 0.500. The van der Waals surface area contributed by atoms with Crippen LogP contribution < -0.4 is 0 Å². The van der Waals surface area contributed by atoms with E-state index in [-0.39, 0.29) is 23.1 Å². The molecule has 32 valence electrons. The summed E-state index contributed by atoms with van der Waals surface area (Å²) in [5.74, 6) is 0. The van der Waals surface area contributed by atoms with Crippen molar-refractivity contribution < 1.29 is 0 Å². The minimum atomic E-state index is 0. The highest BCUT2D eigenvalue weighted by atomic mass is 79.9. The molecule has 0 bridgehead atoms. The van der Waals surface area contributed by atoms with Gasteiger partial charge in [0.25, 0.3) is 0 Å². The van der Waals surface area contributed by atoms with Crippen LogP contribution in [0.5, 0.6) is 0 Å². The van der Waals surface area contributed by atoms with E-state index in [1.165, 1.54) is 5.57 Å². The molecule has 0 amide bonds. The van der Waals surface area contributed by atoms with E-state index < -0.39 is 0 Å². The van der Waals surface area contributed by atoms with Crippen molar-refractivity contribution in [1.29, 1.82) is 0 Å². The molecule has 0 spiro atoms. The molecule has 0 fully saturated rings. The van der Waals surface area contributed by atoms with Gasteiger partial charge in [0, 0.05) is 23.1 Å². The molecule has 0 aliphatic carbocycles. The Labute approximate surface area is 63.3 Å². The first kappa shape index (κ1) is 10.1. The third kappa shape index (κ3) is 8.88. The lowest BCUT2D eigenvalue weighted by Crippen LogP contribution is -1.48. The molecule has 0 aliphatic rings. The van der Waals surface area contributed by atoms with Crippen LogP contribution >= 0.6 is 15.9 Å². The van der Waals surface area contributed by atoms with Gasteiger partial charge in [-0.3, -0.25) is 0 Å². The third-order valence-electron chi connectivity index (χ3n) is 0.218. The smallest absolute Gasteiger partial charge is 0 e. The zero-order chi connectivity index (χ0) is 4.28. The summed E-state index contributed by atoms with van der Waals surface area (Å²) in [6.07, 6.45) is 0. The highest BCUT2D eigenvalue weighted by Gasteiger charge is 1.62. The predicted molar refractivity (Wildman–Crippen MR) is 34.1 cm³/mol. The summed E-state index contributed by atoms with van der Waals surface area (Å²) in [7, 11) is 0. The average molecular weight is 159 g/mol. The van der Waals surface area contributed by atoms with Gasteiger partial charge in [-0.05, 0) is 18.8 Å². The molecule has 0 saturated carbocycles. The van der Waals surface area contributed by atoms with Crippen LogP contribution in [0.2, 0.25) is 0 Å². The predicted octanol–water partition coefficient (Wildman–Crippen LogP) is 1.92. The Kier molecular flexibility index (Phi) is 10.0. The standard InChI is InChI=1S/C4H7Br.Mg/c1-4(2)3-5;/h3H,1-2H3;. The van der Waals surface area contributed by atoms with Gasteiger partial charge in [-0.15, -0.1) is 0 Å². The van der Waals surface area contributed by atoms with E-state index in [4.69, 9.17) is 0 Å². The highest BCUT2D eigenvalue weighted by molar-refractivity contribution is 9.11. The van der Waals surface area contributed by atoms with E-state index in [1.807, 2.05) is 18.8 Å². The average Bonchev–Trinajstić information content (AvgIpc) is 1.38. The van der Waals surface area contributed by atoms with Gasteiger partial charge in [0.1, 0.15) is 0 Å². The Morgan fingerprint density at radius 1 is 1.50 bits per heavy atom. The summed E-state index contributed by atoms with van der Waals surface area (Å²) in [5.41, 5.74) is 1.30. The van der Waals surface area contributed by atoms with E-state index in [2.05, 4.69) is 15.9 Å². The zero-order valence-corrected chi connectivity index (χ0v) is 7.16. The molecule has 0 rings (SSSR count). The summed E-state index contributed by atoms with van der Waals surface area (Å²) in [5, 5.41) is 0. The van der Waals surface area contributed by atoms with Crippen molar-refractivity contribution in [3.63, 3.8) is 0 Å². The van der Waals surface area contributed by atoms with Crippen LogP contribution in [0.25, 0.3) is 0 Å². The molecular formula is C4H7BrMg. The van der Waals surface area contributed by atoms with Gasteiger partial charge >= 0.3 is 0 Å². The maximum absolute atomic E-state index is 3.15. The summed E-state index contributed by atoms with van der Waals surface area (Å²) in [6, 6.07) is 0. The molecule has 0 unspecified atom stereocenters. The van der Waals surface area contributed by atoms with E-state index in [1.54, 1.807) is 0 Å². The first-order chi connectivity index (χ1) is 2.27. The van der Waals surface area contributed by atoms with Crippen LogP contribution in [0, 0.1) is 0 Å². The van der Waals surface area contributed by atoms with Crippen molar-refractivity contribution in [1.82, 2.24) is 0 Å². The molecule has 0 aromatic carbocycles. The van der Waals surface area contributed by atoms with Crippen LogP contribution in [0.4, 0.5) is 0 Å². The maximum atomic E-state index is 3.15. The van der Waals surface area contributed by atoms with E-state index in [9.17, 15) is 0 Å². The molecule has 0 atom stereocenters. The minimum Gasteiger partial charge on any atom is -0.0695 e. The lowest BCUT2D eigenvalue weighted by molar-refractivity contribution is 1.42. The number of hydrogen-bond donors (Lipinski definition) is 0. The van der Waals surface area contributed by atoms with Crippen molar-refractivity contribution in [2.75, 3.05) is 0 Å². The SMILES string of the molecule is CC(C)=CBr.[Mg]. The minimum absolute atomic E-state index is 0. The number of allylic oxidation sites excluding steroid dienone is 1. The molecule has 2 radical (unpaired) electrons. The first-order valence-corrected chi connectivity index (χ1v) is 2.42. The second kappa shape index (κ2) is 5.99. The molecule has 2 heteroatoms. The second-order valence-corrected chi connectivity index (χ2v) is 1.64. The van der Waals surface area contributed by atoms with Crippen molar-refractivity contribution in [2.24, 2.45) is 0 Å². The molecule has 0 N–H and O–H groups in total. The normalized spacial score (nSPS) is 5.83. The molecule has 0 saturated heterocycles. The van der Waals surface area contributed by atoms with Crippen molar-refractivity contribution >= 4 is 39.0 Å². The van der Waals surface area contributed by atoms with Crippen LogP contribution in [0.1, 0.15) is 13.8 Å². The molecule has 0 aromatic heterocycles. The summed E-state index contributed by atoms with van der Waals surface area (Å²) >= 11 is 3.15. The topological polar surface area (TPSA) is 0 Å². The van der Waals surface area contributed by atoms with Gasteiger partial charge in [0.05, 0.1) is 0 Å². The van der Waals surface area contributed by atoms with Gasteiger partial charge in [0.15, 0.2) is 0 Å². The second-order valence-electron chi connectivity index (χ2n) is 1.19. The Morgan fingerprint density at radius 2 is 1.67 bits per heavy atom. The first-order valence-electron chi connectivity index (χ1n) is 1.51. The monoisotopic (exact) mass is 158 g/mol. The molecular weight excluding hydrogens is 152 g/mol. The summed E-state index contributed by atoms with van der Waals surface area (Å²) in [6.45, 7) is 4.07. The zero-order valence-electron chi connectivity index (χ0n) is 4.16. The third-order valence-corrected chi connectivity index (χ3v) is 1.13. The Balaban J connectivity index is 0. The van der Waals surface area contributed by atoms with Gasteiger partial charge in [-0.2, -0.15) is 0 Å². The van der Waals surface area contributed by atoms with Crippen LogP contribution in [-0.2, 0) is 0 Å². The molecule has 0 aliphatic heterocycles. The highest BCUT2D eigenvalue weighted by Crippen LogP contribution is 1.91. The molecule has 0 heterocycles. The quantitative estimate of drug-likeness (QED) is 0.474. The molecule has 0 aromatic rings. The van der Waals surface area contributed by atoms with Gasteiger partial charge < -0.3 is 0 Å². The number of halogens is 1. The number of rotatable bonds is 0. The Hall–Kier alpha value is 0.986. The molecule has 0 nitrogen and oxygen atoms in total. The van der Waals surface area contributed by atoms with Crippen LogP contribution in [0.3, 0.4) is 0 Å². The van der Waals surface area contributed by atoms with E-state index >= 15 is 0 Å². The number of hydrogen-bond acceptors (Lipinski definition) is 0. The lowest BCUT2D eigenvalue weighted by atomic mass is 10.4.